The molecule has 2 aromatic carbocycles. The molecule has 0 saturated carbocycles. The molecule has 4 rings (SSSR count). The van der Waals surface area contributed by atoms with E-state index in [-0.39, 0.29) is 11.3 Å². The minimum absolute atomic E-state index is 0.0662. The predicted molar refractivity (Wildman–Crippen MR) is 124 cm³/mol. The quantitative estimate of drug-likeness (QED) is 0.658. The average Bonchev–Trinajstić information content (AvgIpc) is 3.29. The van der Waals surface area contributed by atoms with Gasteiger partial charge in [-0.2, -0.15) is 0 Å². The molecule has 8 heteroatoms. The van der Waals surface area contributed by atoms with Crippen LogP contribution in [0.3, 0.4) is 0 Å². The van der Waals surface area contributed by atoms with Crippen molar-refractivity contribution < 1.29 is 23.9 Å². The number of rotatable bonds is 6. The minimum atomic E-state index is -0.739. The van der Waals surface area contributed by atoms with Crippen LogP contribution in [0.15, 0.2) is 48.5 Å². The van der Waals surface area contributed by atoms with Crippen molar-refractivity contribution in [2.24, 2.45) is 0 Å². The number of carbonyl (C=O) groups excluding carboxylic acids is 3. The number of hydrogen-bond donors (Lipinski definition) is 2. The van der Waals surface area contributed by atoms with Crippen molar-refractivity contribution in [2.45, 2.75) is 31.1 Å². The maximum atomic E-state index is 12.6. The van der Waals surface area contributed by atoms with Crippen molar-refractivity contribution in [3.63, 3.8) is 0 Å². The van der Waals surface area contributed by atoms with Crippen LogP contribution in [0, 0.1) is 0 Å². The Kier molecular flexibility index (Phi) is 6.93. The Morgan fingerprint density at radius 1 is 1.09 bits per heavy atom. The third kappa shape index (κ3) is 5.17. The van der Waals surface area contributed by atoms with Crippen LogP contribution in [0.5, 0.6) is 5.75 Å². The Morgan fingerprint density at radius 3 is 2.52 bits per heavy atom. The highest BCUT2D eigenvalue weighted by atomic mass is 16.5. The molecule has 2 aliphatic rings. The molecule has 0 atom stereocenters. The number of carbonyl (C=O) groups is 3. The smallest absolute Gasteiger partial charge is 0.313 e. The van der Waals surface area contributed by atoms with Gasteiger partial charge in [0.05, 0.1) is 7.11 Å². The molecule has 0 radical (unpaired) electrons. The van der Waals surface area contributed by atoms with Crippen LogP contribution in [0.25, 0.3) is 0 Å². The molecule has 0 spiro atoms. The maximum Gasteiger partial charge on any atom is 0.313 e. The summed E-state index contributed by atoms with van der Waals surface area (Å²) in [5.41, 5.74) is 1.96. The van der Waals surface area contributed by atoms with E-state index in [1.165, 1.54) is 0 Å². The fraction of sp³-hybridized carbons (Fsp3) is 0.400. The summed E-state index contributed by atoms with van der Waals surface area (Å²) in [6.45, 7) is 2.18. The Hall–Kier alpha value is -3.39. The number of benzene rings is 2. The van der Waals surface area contributed by atoms with Gasteiger partial charge in [-0.05, 0) is 55.2 Å². The topological polar surface area (TPSA) is 97.0 Å². The lowest BCUT2D eigenvalue weighted by molar-refractivity contribution is -0.136. The van der Waals surface area contributed by atoms with Crippen molar-refractivity contribution in [3.8, 4) is 5.75 Å². The Bertz CT molecular complexity index is 1010. The number of ether oxygens (including phenoxy) is 2. The number of amides is 3. The summed E-state index contributed by atoms with van der Waals surface area (Å²) < 4.78 is 10.8. The van der Waals surface area contributed by atoms with Crippen molar-refractivity contribution in [3.05, 3.63) is 54.1 Å². The van der Waals surface area contributed by atoms with Crippen LogP contribution >= 0.6 is 0 Å². The van der Waals surface area contributed by atoms with E-state index in [1.807, 2.05) is 30.3 Å². The Balaban J connectivity index is 1.40. The van der Waals surface area contributed by atoms with E-state index in [0.717, 1.165) is 36.3 Å². The van der Waals surface area contributed by atoms with Crippen LogP contribution in [-0.2, 0) is 24.5 Å². The molecule has 0 aromatic heterocycles. The maximum absolute atomic E-state index is 12.6. The zero-order valence-corrected chi connectivity index (χ0v) is 18.8. The summed E-state index contributed by atoms with van der Waals surface area (Å²) in [6.07, 6.45) is 2.83. The lowest BCUT2D eigenvalue weighted by Crippen LogP contribution is -2.47. The fourth-order valence-corrected chi connectivity index (χ4v) is 4.46. The first kappa shape index (κ1) is 22.8. The second kappa shape index (κ2) is 10.0. The van der Waals surface area contributed by atoms with Crippen LogP contribution in [0.4, 0.5) is 11.4 Å². The van der Waals surface area contributed by atoms with Gasteiger partial charge in [-0.25, -0.2) is 0 Å². The number of hydrogen-bond acceptors (Lipinski definition) is 5. The van der Waals surface area contributed by atoms with E-state index < -0.39 is 11.8 Å². The van der Waals surface area contributed by atoms with E-state index in [4.69, 9.17) is 9.47 Å². The number of anilines is 2. The molecule has 2 fully saturated rings. The van der Waals surface area contributed by atoms with Gasteiger partial charge in [-0.1, -0.05) is 18.2 Å². The van der Waals surface area contributed by atoms with Gasteiger partial charge >= 0.3 is 11.8 Å². The number of nitrogens with zero attached hydrogens (tertiary/aromatic N) is 1. The van der Waals surface area contributed by atoms with E-state index >= 15 is 0 Å². The summed E-state index contributed by atoms with van der Waals surface area (Å²) in [5.74, 6) is -0.604. The molecule has 2 N–H and O–H groups in total. The lowest BCUT2D eigenvalue weighted by Gasteiger charge is -2.38. The van der Waals surface area contributed by atoms with Crippen molar-refractivity contribution in [1.29, 1.82) is 0 Å². The molecule has 0 aliphatic carbocycles. The average molecular weight is 452 g/mol. The van der Waals surface area contributed by atoms with Crippen molar-refractivity contribution in [2.75, 3.05) is 43.6 Å². The zero-order valence-electron chi connectivity index (χ0n) is 18.8. The molecule has 33 heavy (non-hydrogen) atoms. The standard InChI is InChI=1S/C25H29N3O5/c1-32-21-9-7-18(8-10-21)25(11-14-33-15-12-25)17-26-23(30)24(31)27-19-4-2-5-20(16-19)28-13-3-6-22(28)29/h2,4-5,7-10,16H,3,6,11-15,17H2,1H3,(H,26,30)(H,27,31). The minimum Gasteiger partial charge on any atom is -0.497 e. The summed E-state index contributed by atoms with van der Waals surface area (Å²) >= 11 is 0. The van der Waals surface area contributed by atoms with E-state index in [2.05, 4.69) is 10.6 Å². The first-order valence-corrected chi connectivity index (χ1v) is 11.2. The number of nitrogens with one attached hydrogen (secondary N) is 2. The Labute approximate surface area is 193 Å². The molecule has 3 amide bonds. The molecule has 8 nitrogen and oxygen atoms in total. The largest absolute Gasteiger partial charge is 0.497 e. The molecular weight excluding hydrogens is 422 g/mol. The van der Waals surface area contributed by atoms with Crippen LogP contribution in [-0.4, -0.2) is 51.1 Å². The normalized spacial score (nSPS) is 17.5. The molecule has 0 bridgehead atoms. The monoisotopic (exact) mass is 451 g/mol. The fourth-order valence-electron chi connectivity index (χ4n) is 4.46. The highest BCUT2D eigenvalue weighted by molar-refractivity contribution is 6.39. The molecule has 2 aromatic rings. The molecule has 0 unspecified atom stereocenters. The molecular formula is C25H29N3O5. The second-order valence-electron chi connectivity index (χ2n) is 8.46. The highest BCUT2D eigenvalue weighted by Gasteiger charge is 2.35. The zero-order chi connectivity index (χ0) is 23.3. The van der Waals surface area contributed by atoms with Gasteiger partial charge in [0, 0.05) is 49.5 Å². The van der Waals surface area contributed by atoms with Gasteiger partial charge in [0.1, 0.15) is 5.75 Å². The third-order valence-electron chi connectivity index (χ3n) is 6.43. The molecule has 174 valence electrons. The summed E-state index contributed by atoms with van der Waals surface area (Å²) in [7, 11) is 1.62. The Morgan fingerprint density at radius 2 is 1.85 bits per heavy atom. The van der Waals surface area contributed by atoms with Gasteiger partial charge in [-0.3, -0.25) is 14.4 Å². The van der Waals surface area contributed by atoms with Crippen LogP contribution < -0.4 is 20.3 Å². The van der Waals surface area contributed by atoms with Crippen LogP contribution in [0.1, 0.15) is 31.2 Å². The van der Waals surface area contributed by atoms with Gasteiger partial charge in [0.25, 0.3) is 0 Å². The summed E-state index contributed by atoms with van der Waals surface area (Å²) in [6, 6.07) is 14.8. The third-order valence-corrected chi connectivity index (χ3v) is 6.43. The van der Waals surface area contributed by atoms with Crippen LogP contribution in [0.2, 0.25) is 0 Å². The highest BCUT2D eigenvalue weighted by Crippen LogP contribution is 2.35. The van der Waals surface area contributed by atoms with E-state index in [1.54, 1.807) is 30.2 Å². The predicted octanol–water partition coefficient (Wildman–Crippen LogP) is 2.63. The summed E-state index contributed by atoms with van der Waals surface area (Å²) in [4.78, 5) is 38.9. The van der Waals surface area contributed by atoms with Gasteiger partial charge < -0.3 is 25.0 Å². The molecule has 2 aliphatic heterocycles. The van der Waals surface area contributed by atoms with Crippen molar-refractivity contribution >= 4 is 29.1 Å². The SMILES string of the molecule is COc1ccc(C2(CNC(=O)C(=O)Nc3cccc(N4CCCC4=O)c3)CCOCC2)cc1. The van der Waals surface area contributed by atoms with E-state index in [9.17, 15) is 14.4 Å². The van der Waals surface area contributed by atoms with Gasteiger partial charge in [-0.15, -0.1) is 0 Å². The van der Waals surface area contributed by atoms with Crippen molar-refractivity contribution in [1.82, 2.24) is 5.32 Å². The molecule has 2 saturated heterocycles. The van der Waals surface area contributed by atoms with E-state index in [0.29, 0.717) is 38.4 Å². The first-order valence-electron chi connectivity index (χ1n) is 11.2. The summed E-state index contributed by atoms with van der Waals surface area (Å²) in [5, 5.41) is 5.46. The number of methoxy groups -OCH3 is 1. The second-order valence-corrected chi connectivity index (χ2v) is 8.46. The van der Waals surface area contributed by atoms with Gasteiger partial charge in [0.2, 0.25) is 5.91 Å². The molecule has 2 heterocycles. The first-order chi connectivity index (χ1) is 16.0. The lowest BCUT2D eigenvalue weighted by atomic mass is 9.74. The van der Waals surface area contributed by atoms with Gasteiger partial charge in [0.15, 0.2) is 0 Å².